The standard InChI is InChI=1S/C12H14N4O3/c1-8-11(5-6-13)12(17)14-15(8)9-3-2-4-10(7-9)16(18)19/h2-4,7H,5-6,13H2,1H3,(H,14,17). The van der Waals surface area contributed by atoms with Crippen molar-refractivity contribution in [1.29, 1.82) is 0 Å². The van der Waals surface area contributed by atoms with Crippen molar-refractivity contribution in [3.63, 3.8) is 0 Å². The van der Waals surface area contributed by atoms with Crippen LogP contribution in [0.1, 0.15) is 11.3 Å². The summed E-state index contributed by atoms with van der Waals surface area (Å²) in [5.74, 6) is 0. The highest BCUT2D eigenvalue weighted by Crippen LogP contribution is 2.17. The van der Waals surface area contributed by atoms with Gasteiger partial charge >= 0.3 is 0 Å². The fraction of sp³-hybridized carbons (Fsp3) is 0.250. The number of hydrogen-bond acceptors (Lipinski definition) is 4. The number of hydrogen-bond donors (Lipinski definition) is 2. The predicted molar refractivity (Wildman–Crippen MR) is 70.5 cm³/mol. The van der Waals surface area contributed by atoms with Gasteiger partial charge in [-0.05, 0) is 26.0 Å². The van der Waals surface area contributed by atoms with Crippen molar-refractivity contribution in [3.8, 4) is 5.69 Å². The second kappa shape index (κ2) is 5.07. The van der Waals surface area contributed by atoms with Crippen LogP contribution in [0.25, 0.3) is 5.69 Å². The van der Waals surface area contributed by atoms with Gasteiger partial charge in [-0.15, -0.1) is 0 Å². The molecule has 0 aliphatic heterocycles. The van der Waals surface area contributed by atoms with Crippen molar-refractivity contribution in [2.45, 2.75) is 13.3 Å². The molecule has 0 saturated heterocycles. The van der Waals surface area contributed by atoms with Gasteiger partial charge in [0.15, 0.2) is 0 Å². The third-order valence-corrected chi connectivity index (χ3v) is 2.95. The van der Waals surface area contributed by atoms with E-state index in [2.05, 4.69) is 5.10 Å². The summed E-state index contributed by atoms with van der Waals surface area (Å²) in [4.78, 5) is 22.1. The summed E-state index contributed by atoms with van der Waals surface area (Å²) in [5.41, 5.74) is 7.10. The quantitative estimate of drug-likeness (QED) is 0.630. The minimum atomic E-state index is -0.471. The predicted octanol–water partition coefficient (Wildman–Crippen LogP) is 0.883. The molecule has 2 aromatic rings. The van der Waals surface area contributed by atoms with Crippen LogP contribution >= 0.6 is 0 Å². The van der Waals surface area contributed by atoms with E-state index < -0.39 is 4.92 Å². The van der Waals surface area contributed by atoms with Crippen molar-refractivity contribution in [2.24, 2.45) is 5.73 Å². The van der Waals surface area contributed by atoms with Crippen LogP contribution in [0.2, 0.25) is 0 Å². The second-order valence-corrected chi connectivity index (χ2v) is 4.16. The number of non-ortho nitro benzene ring substituents is 1. The average Bonchev–Trinajstić information content (AvgIpc) is 2.67. The van der Waals surface area contributed by atoms with Gasteiger partial charge in [0, 0.05) is 23.4 Å². The molecular formula is C12H14N4O3. The number of nitrogens with one attached hydrogen (secondary N) is 1. The number of rotatable bonds is 4. The summed E-state index contributed by atoms with van der Waals surface area (Å²) in [6.45, 7) is 2.16. The first kappa shape index (κ1) is 13.0. The lowest BCUT2D eigenvalue weighted by atomic mass is 10.2. The van der Waals surface area contributed by atoms with E-state index >= 15 is 0 Å². The number of aromatic amines is 1. The number of nitrogens with zero attached hydrogens (tertiary/aromatic N) is 2. The van der Waals surface area contributed by atoms with Crippen molar-refractivity contribution in [3.05, 3.63) is 56.0 Å². The van der Waals surface area contributed by atoms with Crippen LogP contribution in [0.4, 0.5) is 5.69 Å². The SMILES string of the molecule is Cc1c(CCN)c(=O)[nH]n1-c1cccc([N+](=O)[O-])c1. The first-order valence-electron chi connectivity index (χ1n) is 5.80. The maximum atomic E-state index is 11.8. The number of nitro groups is 1. The Kier molecular flexibility index (Phi) is 3.48. The molecule has 0 bridgehead atoms. The van der Waals surface area contributed by atoms with Gasteiger partial charge in [-0.2, -0.15) is 0 Å². The van der Waals surface area contributed by atoms with Crippen LogP contribution < -0.4 is 11.3 Å². The van der Waals surface area contributed by atoms with Gasteiger partial charge in [-0.25, -0.2) is 0 Å². The van der Waals surface area contributed by atoms with E-state index in [1.165, 1.54) is 12.1 Å². The molecule has 100 valence electrons. The van der Waals surface area contributed by atoms with Crippen LogP contribution in [0.15, 0.2) is 29.1 Å². The van der Waals surface area contributed by atoms with Crippen LogP contribution in [0.3, 0.4) is 0 Å². The summed E-state index contributed by atoms with van der Waals surface area (Å²) in [6, 6.07) is 6.09. The number of aromatic nitrogens is 2. The highest BCUT2D eigenvalue weighted by molar-refractivity contribution is 5.44. The van der Waals surface area contributed by atoms with Crippen molar-refractivity contribution in [2.75, 3.05) is 6.54 Å². The van der Waals surface area contributed by atoms with Crippen molar-refractivity contribution in [1.82, 2.24) is 9.78 Å². The lowest BCUT2D eigenvalue weighted by Crippen LogP contribution is -2.12. The molecule has 0 aliphatic rings. The molecule has 0 spiro atoms. The van der Waals surface area contributed by atoms with Gasteiger partial charge in [0.05, 0.1) is 10.6 Å². The van der Waals surface area contributed by atoms with Crippen LogP contribution in [0, 0.1) is 17.0 Å². The van der Waals surface area contributed by atoms with E-state index in [1.54, 1.807) is 23.7 Å². The summed E-state index contributed by atoms with van der Waals surface area (Å²) in [7, 11) is 0. The number of nitro benzene ring substituents is 1. The summed E-state index contributed by atoms with van der Waals surface area (Å²) < 4.78 is 1.54. The Hall–Kier alpha value is -2.41. The third-order valence-electron chi connectivity index (χ3n) is 2.95. The Morgan fingerprint density at radius 2 is 2.21 bits per heavy atom. The van der Waals surface area contributed by atoms with Crippen molar-refractivity contribution < 1.29 is 4.92 Å². The molecule has 0 amide bonds. The molecule has 0 aliphatic carbocycles. The first-order chi connectivity index (χ1) is 9.04. The van der Waals surface area contributed by atoms with E-state index in [0.29, 0.717) is 24.2 Å². The van der Waals surface area contributed by atoms with Gasteiger partial charge in [-0.1, -0.05) is 6.07 Å². The number of nitrogens with two attached hydrogens (primary N) is 1. The topological polar surface area (TPSA) is 107 Å². The Balaban J connectivity index is 2.53. The normalized spacial score (nSPS) is 10.6. The van der Waals surface area contributed by atoms with Crippen molar-refractivity contribution >= 4 is 5.69 Å². The van der Waals surface area contributed by atoms with Gasteiger partial charge in [0.25, 0.3) is 11.2 Å². The first-order valence-corrected chi connectivity index (χ1v) is 5.80. The third kappa shape index (κ3) is 2.41. The second-order valence-electron chi connectivity index (χ2n) is 4.16. The molecule has 7 heteroatoms. The Morgan fingerprint density at radius 3 is 2.84 bits per heavy atom. The lowest BCUT2D eigenvalue weighted by molar-refractivity contribution is -0.384. The molecule has 1 heterocycles. The molecule has 1 aromatic carbocycles. The number of H-pyrrole nitrogens is 1. The van der Waals surface area contributed by atoms with Crippen LogP contribution in [-0.2, 0) is 6.42 Å². The maximum Gasteiger partial charge on any atom is 0.271 e. The largest absolute Gasteiger partial charge is 0.330 e. The fourth-order valence-electron chi connectivity index (χ4n) is 1.99. The molecule has 19 heavy (non-hydrogen) atoms. The monoisotopic (exact) mass is 262 g/mol. The highest BCUT2D eigenvalue weighted by Gasteiger charge is 2.13. The zero-order valence-electron chi connectivity index (χ0n) is 10.4. The highest BCUT2D eigenvalue weighted by atomic mass is 16.6. The van der Waals surface area contributed by atoms with E-state index in [9.17, 15) is 14.9 Å². The zero-order chi connectivity index (χ0) is 14.0. The summed E-state index contributed by atoms with van der Waals surface area (Å²) in [6.07, 6.45) is 0.475. The van der Waals surface area contributed by atoms with Gasteiger partial charge in [0.1, 0.15) is 0 Å². The molecule has 2 rings (SSSR count). The molecule has 1 aromatic heterocycles. The average molecular weight is 262 g/mol. The molecule has 0 fully saturated rings. The van der Waals surface area contributed by atoms with Crippen LogP contribution in [0.5, 0.6) is 0 Å². The molecule has 0 atom stereocenters. The molecule has 0 radical (unpaired) electrons. The maximum absolute atomic E-state index is 11.8. The van der Waals surface area contributed by atoms with Gasteiger partial charge in [0.2, 0.25) is 0 Å². The molecule has 0 unspecified atom stereocenters. The molecule has 0 saturated carbocycles. The fourth-order valence-corrected chi connectivity index (χ4v) is 1.99. The van der Waals surface area contributed by atoms with Crippen LogP contribution in [-0.4, -0.2) is 21.2 Å². The minimum Gasteiger partial charge on any atom is -0.330 e. The smallest absolute Gasteiger partial charge is 0.271 e. The van der Waals surface area contributed by atoms with E-state index in [1.807, 2.05) is 0 Å². The summed E-state index contributed by atoms with van der Waals surface area (Å²) in [5, 5.41) is 13.4. The molecule has 3 N–H and O–H groups in total. The van der Waals surface area contributed by atoms with Gasteiger partial charge in [-0.3, -0.25) is 24.7 Å². The Labute approximate surface area is 108 Å². The molecule has 7 nitrogen and oxygen atoms in total. The summed E-state index contributed by atoms with van der Waals surface area (Å²) >= 11 is 0. The van der Waals surface area contributed by atoms with E-state index in [4.69, 9.17) is 5.73 Å². The Morgan fingerprint density at radius 1 is 1.47 bits per heavy atom. The zero-order valence-corrected chi connectivity index (χ0v) is 10.4. The van der Waals surface area contributed by atoms with Gasteiger partial charge < -0.3 is 5.73 Å². The number of benzene rings is 1. The Bertz CT molecular complexity index is 672. The minimum absolute atomic E-state index is 0.0215. The van der Waals surface area contributed by atoms with E-state index in [0.717, 1.165) is 5.69 Å². The van der Waals surface area contributed by atoms with E-state index in [-0.39, 0.29) is 11.2 Å². The lowest BCUT2D eigenvalue weighted by Gasteiger charge is -2.05. The molecular weight excluding hydrogens is 248 g/mol.